The highest BCUT2D eigenvalue weighted by Gasteiger charge is 2.15. The van der Waals surface area contributed by atoms with E-state index in [-0.39, 0.29) is 17.9 Å². The number of likely N-dealkylation sites (N-methyl/N-ethyl adjacent to an activating group) is 1. The van der Waals surface area contributed by atoms with Crippen LogP contribution >= 0.6 is 0 Å². The first kappa shape index (κ1) is 23.4. The van der Waals surface area contributed by atoms with Crippen molar-refractivity contribution in [2.24, 2.45) is 0 Å². The van der Waals surface area contributed by atoms with Crippen LogP contribution in [-0.2, 0) is 16.0 Å². The van der Waals surface area contributed by atoms with E-state index in [0.717, 1.165) is 57.1 Å². The van der Waals surface area contributed by atoms with Crippen molar-refractivity contribution in [3.63, 3.8) is 0 Å². The van der Waals surface area contributed by atoms with E-state index in [1.54, 1.807) is 35.2 Å². The Kier molecular flexibility index (Phi) is 9.30. The van der Waals surface area contributed by atoms with E-state index in [1.807, 2.05) is 7.05 Å². The normalized spacial score (nSPS) is 13.9. The molecule has 1 aliphatic heterocycles. The molecule has 0 spiro atoms. The number of aromatic amines is 1. The molecule has 164 valence electrons. The summed E-state index contributed by atoms with van der Waals surface area (Å²) in [5.74, 6) is -0.0136. The van der Waals surface area contributed by atoms with E-state index in [9.17, 15) is 9.59 Å². The number of ether oxygens (including phenoxy) is 1. The topological polar surface area (TPSA) is 108 Å². The molecule has 1 saturated heterocycles. The van der Waals surface area contributed by atoms with Gasteiger partial charge in [-0.1, -0.05) is 13.3 Å². The summed E-state index contributed by atoms with van der Waals surface area (Å²) in [4.78, 5) is 37.2. The summed E-state index contributed by atoms with van der Waals surface area (Å²) in [5.41, 5.74) is 2.19. The number of rotatable bonds is 7. The second-order valence-electron chi connectivity index (χ2n) is 7.04. The summed E-state index contributed by atoms with van der Waals surface area (Å²) in [6.07, 6.45) is 1.82. The molecule has 30 heavy (non-hydrogen) atoms. The molecule has 0 atom stereocenters. The molecule has 1 aromatic carbocycles. The molecule has 2 aromatic rings. The van der Waals surface area contributed by atoms with Gasteiger partial charge in [-0.3, -0.25) is 24.4 Å². The zero-order valence-corrected chi connectivity index (χ0v) is 17.5. The van der Waals surface area contributed by atoms with Gasteiger partial charge in [0.05, 0.1) is 18.9 Å². The number of aromatic nitrogens is 2. The number of nitrogens with zero attached hydrogens (tertiary/aromatic N) is 3. The summed E-state index contributed by atoms with van der Waals surface area (Å²) in [6, 6.07) is 8.78. The smallest absolute Gasteiger partial charge is 0.290 e. The highest BCUT2D eigenvalue weighted by Crippen LogP contribution is 2.10. The van der Waals surface area contributed by atoms with Crippen molar-refractivity contribution >= 4 is 12.4 Å². The van der Waals surface area contributed by atoms with Crippen LogP contribution < -0.4 is 5.56 Å². The third kappa shape index (κ3) is 6.57. The Morgan fingerprint density at radius 1 is 1.27 bits per heavy atom. The fraction of sp³-hybridized carbons (Fsp3) is 0.476. The molecule has 0 aliphatic carbocycles. The highest BCUT2D eigenvalue weighted by atomic mass is 16.5. The van der Waals surface area contributed by atoms with Crippen molar-refractivity contribution in [1.82, 2.24) is 19.6 Å². The molecule has 1 fully saturated rings. The number of morpholine rings is 1. The van der Waals surface area contributed by atoms with Gasteiger partial charge in [0.25, 0.3) is 17.9 Å². The Morgan fingerprint density at radius 2 is 1.90 bits per heavy atom. The zero-order chi connectivity index (χ0) is 21.9. The van der Waals surface area contributed by atoms with Gasteiger partial charge < -0.3 is 14.7 Å². The van der Waals surface area contributed by atoms with Crippen LogP contribution in [0.4, 0.5) is 0 Å². The molecule has 2 heterocycles. The van der Waals surface area contributed by atoms with Crippen molar-refractivity contribution in [1.29, 1.82) is 0 Å². The lowest BCUT2D eigenvalue weighted by Crippen LogP contribution is -2.41. The minimum Gasteiger partial charge on any atom is -0.483 e. The van der Waals surface area contributed by atoms with Crippen molar-refractivity contribution in [2.45, 2.75) is 19.8 Å². The number of carbonyl (C=O) groups is 2. The summed E-state index contributed by atoms with van der Waals surface area (Å²) in [5, 5.41) is 10.0. The lowest BCUT2D eigenvalue weighted by atomic mass is 10.2. The lowest BCUT2D eigenvalue weighted by Gasteiger charge is -2.28. The molecule has 9 heteroatoms. The Balaban J connectivity index is 0.00000101. The molecule has 9 nitrogen and oxygen atoms in total. The third-order valence-corrected chi connectivity index (χ3v) is 4.87. The number of H-pyrrole nitrogens is 1. The maximum Gasteiger partial charge on any atom is 0.290 e. The number of amides is 1. The molecule has 1 aromatic heterocycles. The number of carboxylic acid groups (broad SMARTS) is 1. The average Bonchev–Trinajstić information content (AvgIpc) is 3.13. The fourth-order valence-electron chi connectivity index (χ4n) is 3.22. The SMILES string of the molecule is CCCc1cc(=O)n(-c2ccc(C(=O)N(C)CCN3CCOCC3)cc2)[nH]1.O=CO. The van der Waals surface area contributed by atoms with Gasteiger partial charge in [-0.15, -0.1) is 0 Å². The number of hydrogen-bond acceptors (Lipinski definition) is 5. The van der Waals surface area contributed by atoms with Gasteiger partial charge in [0.2, 0.25) is 0 Å². The Morgan fingerprint density at radius 3 is 2.50 bits per heavy atom. The summed E-state index contributed by atoms with van der Waals surface area (Å²) < 4.78 is 6.86. The van der Waals surface area contributed by atoms with Crippen molar-refractivity contribution in [3.05, 3.63) is 51.9 Å². The van der Waals surface area contributed by atoms with E-state index < -0.39 is 0 Å². The molecule has 3 rings (SSSR count). The molecular weight excluding hydrogens is 388 g/mol. The van der Waals surface area contributed by atoms with Crippen LogP contribution in [0.15, 0.2) is 35.1 Å². The standard InChI is InChI=1S/C20H28N4O3.CH2O2/c1-3-4-17-15-19(25)24(21-17)18-7-5-16(6-8-18)20(26)22(2)9-10-23-11-13-27-14-12-23;2-1-3/h5-8,15,21H,3-4,9-14H2,1-2H3;1H,(H,2,3). The van der Waals surface area contributed by atoms with Gasteiger partial charge in [-0.05, 0) is 30.7 Å². The van der Waals surface area contributed by atoms with Crippen LogP contribution in [0.5, 0.6) is 0 Å². The van der Waals surface area contributed by atoms with Crippen LogP contribution in [0.3, 0.4) is 0 Å². The second kappa shape index (κ2) is 11.9. The van der Waals surface area contributed by atoms with Crippen molar-refractivity contribution in [2.75, 3.05) is 46.4 Å². The summed E-state index contributed by atoms with van der Waals surface area (Å²) >= 11 is 0. The molecule has 1 amide bonds. The van der Waals surface area contributed by atoms with Crippen molar-refractivity contribution < 1.29 is 19.4 Å². The van der Waals surface area contributed by atoms with Crippen LogP contribution in [0, 0.1) is 0 Å². The molecule has 2 N–H and O–H groups in total. The monoisotopic (exact) mass is 418 g/mol. The molecule has 1 aliphatic rings. The molecule has 0 bridgehead atoms. The van der Waals surface area contributed by atoms with Gasteiger partial charge in [0.15, 0.2) is 0 Å². The summed E-state index contributed by atoms with van der Waals surface area (Å²) in [7, 11) is 1.82. The van der Waals surface area contributed by atoms with Gasteiger partial charge in [-0.2, -0.15) is 0 Å². The number of aryl methyl sites for hydroxylation is 1. The molecule has 0 radical (unpaired) electrons. The van der Waals surface area contributed by atoms with E-state index in [0.29, 0.717) is 12.1 Å². The number of nitrogens with one attached hydrogen (secondary N) is 1. The van der Waals surface area contributed by atoms with E-state index in [2.05, 4.69) is 16.9 Å². The van der Waals surface area contributed by atoms with Crippen LogP contribution in [0.25, 0.3) is 5.69 Å². The van der Waals surface area contributed by atoms with Crippen molar-refractivity contribution in [3.8, 4) is 5.69 Å². The quantitative estimate of drug-likeness (QED) is 0.655. The molecule has 0 unspecified atom stereocenters. The van der Waals surface area contributed by atoms with Gasteiger partial charge in [0, 0.05) is 50.6 Å². The first-order valence-corrected chi connectivity index (χ1v) is 10.0. The Labute approximate surface area is 175 Å². The van der Waals surface area contributed by atoms with E-state index in [4.69, 9.17) is 14.6 Å². The Bertz CT molecular complexity index is 853. The first-order valence-electron chi connectivity index (χ1n) is 10.0. The second-order valence-corrected chi connectivity index (χ2v) is 7.04. The highest BCUT2D eigenvalue weighted by molar-refractivity contribution is 5.94. The zero-order valence-electron chi connectivity index (χ0n) is 17.5. The number of hydrogen-bond donors (Lipinski definition) is 2. The summed E-state index contributed by atoms with van der Waals surface area (Å²) in [6.45, 7) is 6.71. The number of benzene rings is 1. The van der Waals surface area contributed by atoms with Gasteiger partial charge in [0.1, 0.15) is 0 Å². The van der Waals surface area contributed by atoms with E-state index >= 15 is 0 Å². The lowest BCUT2D eigenvalue weighted by molar-refractivity contribution is -0.122. The maximum absolute atomic E-state index is 12.6. The predicted octanol–water partition coefficient (Wildman–Crippen LogP) is 1.22. The fourth-order valence-corrected chi connectivity index (χ4v) is 3.22. The minimum absolute atomic E-state index is 0.0136. The van der Waals surface area contributed by atoms with Gasteiger partial charge >= 0.3 is 0 Å². The maximum atomic E-state index is 12.6. The molecular formula is C21H30N4O5. The average molecular weight is 418 g/mol. The minimum atomic E-state index is -0.250. The van der Waals surface area contributed by atoms with E-state index in [1.165, 1.54) is 4.68 Å². The largest absolute Gasteiger partial charge is 0.483 e. The predicted molar refractivity (Wildman–Crippen MR) is 113 cm³/mol. The Hall–Kier alpha value is -2.91. The van der Waals surface area contributed by atoms with Crippen LogP contribution in [-0.4, -0.2) is 83.5 Å². The van der Waals surface area contributed by atoms with Gasteiger partial charge in [-0.25, -0.2) is 4.68 Å². The van der Waals surface area contributed by atoms with Crippen LogP contribution in [0.1, 0.15) is 29.4 Å². The number of carbonyl (C=O) groups excluding carboxylic acids is 1. The first-order chi connectivity index (χ1) is 14.5. The molecule has 0 saturated carbocycles. The van der Waals surface area contributed by atoms with Crippen LogP contribution in [0.2, 0.25) is 0 Å². The third-order valence-electron chi connectivity index (χ3n) is 4.87.